The molecule has 0 aliphatic carbocycles. The minimum atomic E-state index is -0.286. The second-order valence-electron chi connectivity index (χ2n) is 5.42. The molecule has 0 bridgehead atoms. The third-order valence-corrected chi connectivity index (χ3v) is 3.68. The van der Waals surface area contributed by atoms with Gasteiger partial charge in [0, 0.05) is 5.56 Å². The summed E-state index contributed by atoms with van der Waals surface area (Å²) in [5.74, 6) is 0.164. The van der Waals surface area contributed by atoms with Crippen molar-refractivity contribution in [2.45, 2.75) is 6.92 Å². The van der Waals surface area contributed by atoms with Gasteiger partial charge in [-0.1, -0.05) is 30.3 Å². The number of carbonyl (C=O) groups excluding carboxylic acids is 1. The molecule has 0 saturated carbocycles. The quantitative estimate of drug-likeness (QED) is 0.552. The van der Waals surface area contributed by atoms with Gasteiger partial charge in [-0.05, 0) is 53.6 Å². The summed E-state index contributed by atoms with van der Waals surface area (Å²) in [5.41, 5.74) is 3.75. The summed E-state index contributed by atoms with van der Waals surface area (Å²) in [5, 5.41) is 15.7. The van der Waals surface area contributed by atoms with Crippen LogP contribution >= 0.6 is 0 Å². The molecule has 3 aromatic carbocycles. The number of fused-ring (bicyclic) bond motifs is 1. The van der Waals surface area contributed by atoms with Crippen LogP contribution in [-0.2, 0) is 0 Å². The Kier molecular flexibility index (Phi) is 4.95. The van der Waals surface area contributed by atoms with Gasteiger partial charge >= 0.3 is 0 Å². The van der Waals surface area contributed by atoms with Crippen LogP contribution in [0.15, 0.2) is 65.8 Å². The number of hydrogen-bond acceptors (Lipinski definition) is 4. The van der Waals surface area contributed by atoms with Crippen LogP contribution in [0.2, 0.25) is 0 Å². The zero-order valence-corrected chi connectivity index (χ0v) is 13.8. The van der Waals surface area contributed by atoms with Crippen LogP contribution in [0.5, 0.6) is 11.5 Å². The minimum absolute atomic E-state index is 0.0687. The lowest BCUT2D eigenvalue weighted by Gasteiger charge is -2.06. The number of aromatic hydroxyl groups is 1. The van der Waals surface area contributed by atoms with E-state index in [-0.39, 0.29) is 11.7 Å². The fourth-order valence-electron chi connectivity index (χ4n) is 2.44. The van der Waals surface area contributed by atoms with Crippen molar-refractivity contribution in [3.63, 3.8) is 0 Å². The van der Waals surface area contributed by atoms with Crippen molar-refractivity contribution in [3.8, 4) is 11.5 Å². The van der Waals surface area contributed by atoms with E-state index in [2.05, 4.69) is 10.5 Å². The molecule has 25 heavy (non-hydrogen) atoms. The number of rotatable bonds is 5. The molecule has 5 nitrogen and oxygen atoms in total. The fraction of sp³-hybridized carbons (Fsp3) is 0.100. The van der Waals surface area contributed by atoms with E-state index in [1.165, 1.54) is 12.3 Å². The number of hydrazone groups is 1. The lowest BCUT2D eigenvalue weighted by atomic mass is 10.1. The average Bonchev–Trinajstić information content (AvgIpc) is 2.64. The molecule has 0 aliphatic heterocycles. The van der Waals surface area contributed by atoms with Crippen LogP contribution in [0.4, 0.5) is 0 Å². The molecule has 3 rings (SSSR count). The maximum atomic E-state index is 12.2. The topological polar surface area (TPSA) is 70.9 Å². The van der Waals surface area contributed by atoms with E-state index in [0.29, 0.717) is 23.5 Å². The molecule has 0 fully saturated rings. The largest absolute Gasteiger partial charge is 0.504 e. The Morgan fingerprint density at radius 2 is 1.92 bits per heavy atom. The maximum absolute atomic E-state index is 12.2. The number of ether oxygens (including phenoxy) is 1. The Bertz CT molecular complexity index is 935. The van der Waals surface area contributed by atoms with Crippen LogP contribution in [-0.4, -0.2) is 23.8 Å². The number of amides is 1. The lowest BCUT2D eigenvalue weighted by Crippen LogP contribution is -2.17. The molecule has 1 amide bonds. The van der Waals surface area contributed by atoms with E-state index in [1.807, 2.05) is 43.3 Å². The van der Waals surface area contributed by atoms with Crippen molar-refractivity contribution in [3.05, 3.63) is 71.8 Å². The van der Waals surface area contributed by atoms with Gasteiger partial charge in [0.25, 0.3) is 5.91 Å². The first kappa shape index (κ1) is 16.5. The van der Waals surface area contributed by atoms with Gasteiger partial charge in [0.05, 0.1) is 12.8 Å². The highest BCUT2D eigenvalue weighted by Crippen LogP contribution is 2.26. The monoisotopic (exact) mass is 334 g/mol. The predicted molar refractivity (Wildman–Crippen MR) is 98.3 cm³/mol. The Hall–Kier alpha value is -3.34. The fourth-order valence-corrected chi connectivity index (χ4v) is 2.44. The van der Waals surface area contributed by atoms with Crippen molar-refractivity contribution in [1.82, 2.24) is 5.43 Å². The van der Waals surface area contributed by atoms with E-state index in [9.17, 15) is 9.90 Å². The van der Waals surface area contributed by atoms with Gasteiger partial charge in [-0.15, -0.1) is 0 Å². The van der Waals surface area contributed by atoms with E-state index in [0.717, 1.165) is 10.8 Å². The van der Waals surface area contributed by atoms with Crippen LogP contribution < -0.4 is 10.2 Å². The zero-order valence-electron chi connectivity index (χ0n) is 13.8. The molecular formula is C20H18N2O3. The highest BCUT2D eigenvalue weighted by molar-refractivity contribution is 5.99. The van der Waals surface area contributed by atoms with Gasteiger partial charge < -0.3 is 9.84 Å². The number of benzene rings is 3. The Balaban J connectivity index is 1.70. The second kappa shape index (κ2) is 7.49. The third kappa shape index (κ3) is 3.95. The van der Waals surface area contributed by atoms with E-state index in [1.54, 1.807) is 18.2 Å². The van der Waals surface area contributed by atoms with Crippen molar-refractivity contribution < 1.29 is 14.6 Å². The molecule has 0 heterocycles. The SMILES string of the molecule is CCOc1cc(C=NNC(=O)c2ccc3ccccc3c2)ccc1O. The number of nitrogens with one attached hydrogen (secondary N) is 1. The van der Waals surface area contributed by atoms with Crippen molar-refractivity contribution in [1.29, 1.82) is 0 Å². The predicted octanol–water partition coefficient (Wildman–Crippen LogP) is 3.71. The Morgan fingerprint density at radius 3 is 2.72 bits per heavy atom. The standard InChI is InChI=1S/C20H18N2O3/c1-2-25-19-11-14(7-10-18(19)23)13-21-22-20(24)17-9-8-15-5-3-4-6-16(15)12-17/h3-13,23H,2H2,1H3,(H,22,24). The third-order valence-electron chi connectivity index (χ3n) is 3.68. The summed E-state index contributed by atoms with van der Waals surface area (Å²) < 4.78 is 5.32. The smallest absolute Gasteiger partial charge is 0.271 e. The molecular weight excluding hydrogens is 316 g/mol. The summed E-state index contributed by atoms with van der Waals surface area (Å²) in [4.78, 5) is 12.2. The average molecular weight is 334 g/mol. The van der Waals surface area contributed by atoms with Crippen molar-refractivity contribution >= 4 is 22.9 Å². The van der Waals surface area contributed by atoms with Gasteiger partial charge in [-0.3, -0.25) is 4.79 Å². The summed E-state index contributed by atoms with van der Waals surface area (Å²) in [6.45, 7) is 2.29. The summed E-state index contributed by atoms with van der Waals surface area (Å²) in [7, 11) is 0. The van der Waals surface area contributed by atoms with Crippen molar-refractivity contribution in [2.75, 3.05) is 6.61 Å². The highest BCUT2D eigenvalue weighted by atomic mass is 16.5. The number of nitrogens with zero attached hydrogens (tertiary/aromatic N) is 1. The lowest BCUT2D eigenvalue weighted by molar-refractivity contribution is 0.0955. The number of hydrogen-bond donors (Lipinski definition) is 2. The molecule has 0 radical (unpaired) electrons. The molecule has 0 aromatic heterocycles. The molecule has 0 aliphatic rings. The zero-order chi connectivity index (χ0) is 17.6. The highest BCUT2D eigenvalue weighted by Gasteiger charge is 2.05. The van der Waals surface area contributed by atoms with E-state index < -0.39 is 0 Å². The van der Waals surface area contributed by atoms with Gasteiger partial charge in [0.1, 0.15) is 0 Å². The normalized spacial score (nSPS) is 10.9. The van der Waals surface area contributed by atoms with Gasteiger partial charge in [0.2, 0.25) is 0 Å². The summed E-state index contributed by atoms with van der Waals surface area (Å²) in [6, 6.07) is 18.2. The van der Waals surface area contributed by atoms with Gasteiger partial charge in [-0.2, -0.15) is 5.10 Å². The molecule has 126 valence electrons. The molecule has 0 spiro atoms. The molecule has 2 N–H and O–H groups in total. The minimum Gasteiger partial charge on any atom is -0.504 e. The first-order valence-electron chi connectivity index (χ1n) is 7.95. The molecule has 0 unspecified atom stereocenters. The maximum Gasteiger partial charge on any atom is 0.271 e. The Labute approximate surface area is 145 Å². The van der Waals surface area contributed by atoms with Crippen molar-refractivity contribution in [2.24, 2.45) is 5.10 Å². The number of phenolic OH excluding ortho intramolecular Hbond substituents is 1. The van der Waals surface area contributed by atoms with Crippen LogP contribution in [0.3, 0.4) is 0 Å². The molecule has 5 heteroatoms. The molecule has 0 atom stereocenters. The summed E-state index contributed by atoms with van der Waals surface area (Å²) in [6.07, 6.45) is 1.50. The molecule has 3 aromatic rings. The first-order chi connectivity index (χ1) is 12.2. The van der Waals surface area contributed by atoms with E-state index in [4.69, 9.17) is 4.74 Å². The van der Waals surface area contributed by atoms with Crippen LogP contribution in [0, 0.1) is 0 Å². The number of phenols is 1. The summed E-state index contributed by atoms with van der Waals surface area (Å²) >= 11 is 0. The van der Waals surface area contributed by atoms with Gasteiger partial charge in [-0.25, -0.2) is 5.43 Å². The molecule has 0 saturated heterocycles. The first-order valence-corrected chi connectivity index (χ1v) is 7.95. The van der Waals surface area contributed by atoms with Crippen LogP contribution in [0.1, 0.15) is 22.8 Å². The number of carbonyl (C=O) groups is 1. The van der Waals surface area contributed by atoms with E-state index >= 15 is 0 Å². The Morgan fingerprint density at radius 1 is 1.12 bits per heavy atom. The van der Waals surface area contributed by atoms with Gasteiger partial charge in [0.15, 0.2) is 11.5 Å². The second-order valence-corrected chi connectivity index (χ2v) is 5.42. The van der Waals surface area contributed by atoms with Crippen LogP contribution in [0.25, 0.3) is 10.8 Å².